The van der Waals surface area contributed by atoms with Crippen LogP contribution in [0.25, 0.3) is 0 Å². The molecule has 0 N–H and O–H groups in total. The summed E-state index contributed by atoms with van der Waals surface area (Å²) in [6.07, 6.45) is 0.936. The van der Waals surface area contributed by atoms with Gasteiger partial charge in [-0.2, -0.15) is 0 Å². The van der Waals surface area contributed by atoms with Crippen LogP contribution in [0.2, 0.25) is 0 Å². The van der Waals surface area contributed by atoms with Crippen molar-refractivity contribution in [3.63, 3.8) is 0 Å². The molecule has 3 rings (SSSR count). The molecule has 2 aromatic carbocycles. The highest BCUT2D eigenvalue weighted by Crippen LogP contribution is 2.33. The third-order valence-electron chi connectivity index (χ3n) is 3.81. The average molecular weight is 281 g/mol. The minimum atomic E-state index is 0.749. The smallest absolute Gasteiger partial charge is 0.161 e. The summed E-state index contributed by atoms with van der Waals surface area (Å²) in [6.45, 7) is 2.91. The van der Waals surface area contributed by atoms with E-state index < -0.39 is 0 Å². The van der Waals surface area contributed by atoms with E-state index in [-0.39, 0.29) is 0 Å². The highest BCUT2D eigenvalue weighted by Gasteiger charge is 2.19. The van der Waals surface area contributed by atoms with Crippen molar-refractivity contribution in [2.24, 2.45) is 4.99 Å². The summed E-state index contributed by atoms with van der Waals surface area (Å²) < 4.78 is 10.8. The Kier molecular flexibility index (Phi) is 3.65. The van der Waals surface area contributed by atoms with E-state index >= 15 is 0 Å². The number of aryl methyl sites for hydroxylation is 1. The van der Waals surface area contributed by atoms with Gasteiger partial charge in [0.1, 0.15) is 0 Å². The summed E-state index contributed by atoms with van der Waals surface area (Å²) in [5.74, 6) is 1.53. The van der Waals surface area contributed by atoms with Crippen LogP contribution in [0, 0.1) is 6.92 Å². The van der Waals surface area contributed by atoms with Gasteiger partial charge in [0.15, 0.2) is 11.5 Å². The lowest BCUT2D eigenvalue weighted by atomic mass is 9.92. The lowest BCUT2D eigenvalue weighted by Gasteiger charge is -2.20. The van der Waals surface area contributed by atoms with E-state index in [1.165, 1.54) is 11.1 Å². The molecule has 0 fully saturated rings. The average Bonchev–Trinajstić information content (AvgIpc) is 2.52. The summed E-state index contributed by atoms with van der Waals surface area (Å²) in [5, 5.41) is 0. The topological polar surface area (TPSA) is 30.8 Å². The van der Waals surface area contributed by atoms with E-state index in [0.29, 0.717) is 0 Å². The molecular formula is C18H19NO2. The first-order valence-electron chi connectivity index (χ1n) is 7.09. The van der Waals surface area contributed by atoms with Crippen LogP contribution in [0.4, 0.5) is 0 Å². The minimum absolute atomic E-state index is 0.749. The zero-order valence-electron chi connectivity index (χ0n) is 12.6. The number of hydrogen-bond acceptors (Lipinski definition) is 3. The van der Waals surface area contributed by atoms with Crippen LogP contribution >= 0.6 is 0 Å². The number of benzene rings is 2. The zero-order chi connectivity index (χ0) is 14.8. The van der Waals surface area contributed by atoms with Crippen molar-refractivity contribution in [3.8, 4) is 11.5 Å². The maximum atomic E-state index is 5.43. The van der Waals surface area contributed by atoms with Crippen molar-refractivity contribution in [3.05, 3.63) is 58.7 Å². The standard InChI is InChI=1S/C18H19NO2/c1-12-5-4-6-14(9-12)18-15-11-17(21-3)16(20-2)10-13(15)7-8-19-18/h4-6,9-11H,7-8H2,1-3H3. The van der Waals surface area contributed by atoms with Gasteiger partial charge in [-0.15, -0.1) is 0 Å². The van der Waals surface area contributed by atoms with Crippen molar-refractivity contribution in [1.82, 2.24) is 0 Å². The van der Waals surface area contributed by atoms with E-state index in [2.05, 4.69) is 37.3 Å². The molecule has 0 spiro atoms. The Labute approximate surface area is 125 Å². The lowest BCUT2D eigenvalue weighted by molar-refractivity contribution is 0.354. The van der Waals surface area contributed by atoms with Gasteiger partial charge in [0.05, 0.1) is 19.9 Å². The predicted molar refractivity (Wildman–Crippen MR) is 84.9 cm³/mol. The van der Waals surface area contributed by atoms with Gasteiger partial charge in [-0.25, -0.2) is 0 Å². The maximum Gasteiger partial charge on any atom is 0.161 e. The molecule has 0 saturated carbocycles. The molecule has 0 amide bonds. The van der Waals surface area contributed by atoms with Crippen LogP contribution < -0.4 is 9.47 Å². The number of ether oxygens (including phenoxy) is 2. The normalized spacial score (nSPS) is 13.4. The van der Waals surface area contributed by atoms with Crippen LogP contribution in [-0.4, -0.2) is 26.5 Å². The first-order valence-corrected chi connectivity index (χ1v) is 7.09. The molecule has 1 aliphatic rings. The van der Waals surface area contributed by atoms with E-state index in [1.54, 1.807) is 14.2 Å². The van der Waals surface area contributed by atoms with Gasteiger partial charge >= 0.3 is 0 Å². The maximum absolute atomic E-state index is 5.43. The van der Waals surface area contributed by atoms with Gasteiger partial charge in [-0.3, -0.25) is 4.99 Å². The highest BCUT2D eigenvalue weighted by atomic mass is 16.5. The Morgan fingerprint density at radius 2 is 1.76 bits per heavy atom. The summed E-state index contributed by atoms with van der Waals surface area (Å²) in [5.41, 5.74) is 5.84. The van der Waals surface area contributed by atoms with E-state index in [1.807, 2.05) is 6.07 Å². The number of fused-ring (bicyclic) bond motifs is 1. The molecule has 1 heterocycles. The Morgan fingerprint density at radius 3 is 2.48 bits per heavy atom. The molecular weight excluding hydrogens is 262 g/mol. The van der Waals surface area contributed by atoms with Crippen molar-refractivity contribution in [2.45, 2.75) is 13.3 Å². The summed E-state index contributed by atoms with van der Waals surface area (Å²) >= 11 is 0. The van der Waals surface area contributed by atoms with Gasteiger partial charge in [-0.05, 0) is 37.1 Å². The van der Waals surface area contributed by atoms with Crippen molar-refractivity contribution in [1.29, 1.82) is 0 Å². The molecule has 1 aliphatic heterocycles. The third-order valence-corrected chi connectivity index (χ3v) is 3.81. The van der Waals surface area contributed by atoms with Gasteiger partial charge in [-0.1, -0.05) is 23.8 Å². The minimum Gasteiger partial charge on any atom is -0.493 e. The second kappa shape index (κ2) is 5.60. The number of nitrogens with zero attached hydrogens (tertiary/aromatic N) is 1. The fraction of sp³-hybridized carbons (Fsp3) is 0.278. The predicted octanol–water partition coefficient (Wildman–Crippen LogP) is 3.41. The van der Waals surface area contributed by atoms with E-state index in [9.17, 15) is 0 Å². The monoisotopic (exact) mass is 281 g/mol. The number of methoxy groups -OCH3 is 2. The molecule has 0 radical (unpaired) electrons. The zero-order valence-corrected chi connectivity index (χ0v) is 12.6. The van der Waals surface area contributed by atoms with E-state index in [0.717, 1.165) is 41.3 Å². The van der Waals surface area contributed by atoms with Crippen molar-refractivity contribution < 1.29 is 9.47 Å². The molecule has 0 bridgehead atoms. The molecule has 0 aliphatic carbocycles. The number of hydrogen-bond donors (Lipinski definition) is 0. The number of aliphatic imine (C=N–C) groups is 1. The summed E-state index contributed by atoms with van der Waals surface area (Å²) in [7, 11) is 3.33. The molecule has 0 unspecified atom stereocenters. The molecule has 21 heavy (non-hydrogen) atoms. The Bertz CT molecular complexity index is 704. The van der Waals surface area contributed by atoms with Crippen molar-refractivity contribution in [2.75, 3.05) is 20.8 Å². The van der Waals surface area contributed by atoms with Crippen molar-refractivity contribution >= 4 is 5.71 Å². The fourth-order valence-corrected chi connectivity index (χ4v) is 2.76. The highest BCUT2D eigenvalue weighted by molar-refractivity contribution is 6.14. The molecule has 108 valence electrons. The number of rotatable bonds is 3. The van der Waals surface area contributed by atoms with Gasteiger partial charge in [0.2, 0.25) is 0 Å². The third kappa shape index (κ3) is 2.51. The second-order valence-electron chi connectivity index (χ2n) is 5.21. The van der Waals surface area contributed by atoms with Crippen LogP contribution in [-0.2, 0) is 6.42 Å². The summed E-state index contributed by atoms with van der Waals surface area (Å²) in [6, 6.07) is 12.6. The molecule has 0 saturated heterocycles. The van der Waals surface area contributed by atoms with Crippen LogP contribution in [0.1, 0.15) is 22.3 Å². The first kappa shape index (κ1) is 13.7. The molecule has 0 atom stereocenters. The molecule has 3 nitrogen and oxygen atoms in total. The van der Waals surface area contributed by atoms with Crippen LogP contribution in [0.3, 0.4) is 0 Å². The largest absolute Gasteiger partial charge is 0.493 e. The lowest BCUT2D eigenvalue weighted by Crippen LogP contribution is -2.15. The van der Waals surface area contributed by atoms with Gasteiger partial charge < -0.3 is 9.47 Å². The van der Waals surface area contributed by atoms with Crippen LogP contribution in [0.15, 0.2) is 41.4 Å². The fourth-order valence-electron chi connectivity index (χ4n) is 2.76. The SMILES string of the molecule is COc1cc2c(cc1OC)C(c1cccc(C)c1)=NCC2. The molecule has 0 aromatic heterocycles. The first-order chi connectivity index (χ1) is 10.2. The Balaban J connectivity index is 2.13. The van der Waals surface area contributed by atoms with Gasteiger partial charge in [0, 0.05) is 17.7 Å². The van der Waals surface area contributed by atoms with E-state index in [4.69, 9.17) is 14.5 Å². The quantitative estimate of drug-likeness (QED) is 0.863. The summed E-state index contributed by atoms with van der Waals surface area (Å²) in [4.78, 5) is 4.73. The Morgan fingerprint density at radius 1 is 1.00 bits per heavy atom. The van der Waals surface area contributed by atoms with Gasteiger partial charge in [0.25, 0.3) is 0 Å². The second-order valence-corrected chi connectivity index (χ2v) is 5.21. The molecule has 2 aromatic rings. The molecule has 3 heteroatoms. The van der Waals surface area contributed by atoms with Crippen LogP contribution in [0.5, 0.6) is 11.5 Å². The Hall–Kier alpha value is -2.29.